The van der Waals surface area contributed by atoms with Crippen molar-refractivity contribution in [3.63, 3.8) is 0 Å². The van der Waals surface area contributed by atoms with Gasteiger partial charge in [0, 0.05) is 18.2 Å². The summed E-state index contributed by atoms with van der Waals surface area (Å²) < 4.78 is 17.0. The van der Waals surface area contributed by atoms with E-state index in [9.17, 15) is 9.59 Å². The molecular weight excluding hydrogens is 432 g/mol. The van der Waals surface area contributed by atoms with Gasteiger partial charge in [0.05, 0.1) is 25.1 Å². The van der Waals surface area contributed by atoms with Crippen LogP contribution in [-0.2, 0) is 11.2 Å². The zero-order valence-corrected chi connectivity index (χ0v) is 19.8. The summed E-state index contributed by atoms with van der Waals surface area (Å²) in [4.78, 5) is 27.6. The maximum absolute atomic E-state index is 13.1. The molecule has 4 aromatic rings. The molecular formula is C27H28N2O5. The Morgan fingerprint density at radius 3 is 2.38 bits per heavy atom. The second-order valence-electron chi connectivity index (χ2n) is 8.39. The molecule has 0 spiro atoms. The molecule has 0 bridgehead atoms. The standard InChI is InChI=1S/C27H28N2O5/c1-17-14-23(30)27-26(33-17)21(25(34-27)19-8-6-5-7-9-19)15-24(31)28-16-22(29(2)3)18-10-12-20(32-4)13-11-18/h5-14,22H,15-16H2,1-4H3,(H,28,31). The smallest absolute Gasteiger partial charge is 0.228 e. The quantitative estimate of drug-likeness (QED) is 0.421. The Labute approximate surface area is 197 Å². The van der Waals surface area contributed by atoms with Crippen molar-refractivity contribution < 1.29 is 18.4 Å². The van der Waals surface area contributed by atoms with Crippen molar-refractivity contribution in [3.8, 4) is 17.1 Å². The minimum absolute atomic E-state index is 0.0202. The Bertz CT molecular complexity index is 1340. The molecule has 2 aromatic heterocycles. The van der Waals surface area contributed by atoms with Gasteiger partial charge < -0.3 is 23.8 Å². The highest BCUT2D eigenvalue weighted by Crippen LogP contribution is 2.33. The Kier molecular flexibility index (Phi) is 6.84. The minimum Gasteiger partial charge on any atom is -0.497 e. The number of benzene rings is 2. The molecule has 0 radical (unpaired) electrons. The predicted octanol–water partition coefficient (Wildman–Crippen LogP) is 4.33. The van der Waals surface area contributed by atoms with Gasteiger partial charge in [0.15, 0.2) is 5.58 Å². The van der Waals surface area contributed by atoms with E-state index in [1.165, 1.54) is 6.07 Å². The molecule has 34 heavy (non-hydrogen) atoms. The topological polar surface area (TPSA) is 84.9 Å². The van der Waals surface area contributed by atoms with Crippen LogP contribution in [0.15, 0.2) is 74.3 Å². The number of nitrogens with zero attached hydrogens (tertiary/aromatic N) is 1. The van der Waals surface area contributed by atoms with Gasteiger partial charge in [-0.3, -0.25) is 9.59 Å². The fourth-order valence-electron chi connectivity index (χ4n) is 4.00. The molecule has 0 saturated carbocycles. The number of furan rings is 1. The summed E-state index contributed by atoms with van der Waals surface area (Å²) in [5.74, 6) is 1.52. The first-order chi connectivity index (χ1) is 16.4. The minimum atomic E-state index is -0.269. The first-order valence-electron chi connectivity index (χ1n) is 11.1. The zero-order valence-electron chi connectivity index (χ0n) is 19.8. The van der Waals surface area contributed by atoms with E-state index in [4.69, 9.17) is 13.6 Å². The molecule has 2 heterocycles. The van der Waals surface area contributed by atoms with Crippen molar-refractivity contribution >= 4 is 17.1 Å². The summed E-state index contributed by atoms with van der Waals surface area (Å²) in [6.07, 6.45) is 0.0202. The van der Waals surface area contributed by atoms with Crippen LogP contribution in [0.5, 0.6) is 5.75 Å². The molecule has 1 atom stereocenters. The Hall–Kier alpha value is -3.84. The summed E-state index contributed by atoms with van der Waals surface area (Å²) in [7, 11) is 5.57. The molecule has 1 amide bonds. The SMILES string of the molecule is COc1ccc(C(CNC(=O)Cc2c(-c3ccccc3)oc3c(=O)cc(C)oc23)N(C)C)cc1. The Morgan fingerprint density at radius 1 is 1.03 bits per heavy atom. The fraction of sp³-hybridized carbons (Fsp3) is 0.259. The average molecular weight is 461 g/mol. The molecule has 0 aliphatic carbocycles. The number of nitrogens with one attached hydrogen (secondary N) is 1. The molecule has 4 rings (SSSR count). The van der Waals surface area contributed by atoms with Gasteiger partial charge in [-0.1, -0.05) is 42.5 Å². The maximum atomic E-state index is 13.1. The highest BCUT2D eigenvalue weighted by atomic mass is 16.5. The largest absolute Gasteiger partial charge is 0.497 e. The molecule has 1 N–H and O–H groups in total. The van der Waals surface area contributed by atoms with Crippen LogP contribution in [-0.4, -0.2) is 38.6 Å². The lowest BCUT2D eigenvalue weighted by Crippen LogP contribution is -2.35. The van der Waals surface area contributed by atoms with Crippen LogP contribution in [0.25, 0.3) is 22.5 Å². The van der Waals surface area contributed by atoms with Crippen molar-refractivity contribution in [2.75, 3.05) is 27.7 Å². The lowest BCUT2D eigenvalue weighted by atomic mass is 10.0. The number of hydrogen-bond donors (Lipinski definition) is 1. The summed E-state index contributed by atoms with van der Waals surface area (Å²) in [5.41, 5.74) is 2.57. The third-order valence-electron chi connectivity index (χ3n) is 5.77. The van der Waals surface area contributed by atoms with Gasteiger partial charge >= 0.3 is 0 Å². The second-order valence-corrected chi connectivity index (χ2v) is 8.39. The van der Waals surface area contributed by atoms with E-state index >= 15 is 0 Å². The molecule has 2 aromatic carbocycles. The maximum Gasteiger partial charge on any atom is 0.228 e. The van der Waals surface area contributed by atoms with Gasteiger partial charge in [-0.15, -0.1) is 0 Å². The van der Waals surface area contributed by atoms with Crippen molar-refractivity contribution in [2.24, 2.45) is 0 Å². The van der Waals surface area contributed by atoms with Crippen LogP contribution in [0.4, 0.5) is 0 Å². The number of hydrogen-bond acceptors (Lipinski definition) is 6. The number of carbonyl (C=O) groups is 1. The molecule has 176 valence electrons. The summed E-state index contributed by atoms with van der Waals surface area (Å²) in [6, 6.07) is 18.6. The number of likely N-dealkylation sites (N-methyl/N-ethyl adjacent to an activating group) is 1. The van der Waals surface area contributed by atoms with Gasteiger partial charge in [0.1, 0.15) is 17.3 Å². The van der Waals surface area contributed by atoms with Gasteiger partial charge in [0.2, 0.25) is 16.9 Å². The number of aryl methyl sites for hydroxylation is 1. The fourth-order valence-corrected chi connectivity index (χ4v) is 4.00. The van der Waals surface area contributed by atoms with Gasteiger partial charge in [-0.2, -0.15) is 0 Å². The monoisotopic (exact) mass is 460 g/mol. The summed E-state index contributed by atoms with van der Waals surface area (Å²) >= 11 is 0. The number of ether oxygens (including phenoxy) is 1. The second kappa shape index (κ2) is 9.97. The van der Waals surface area contributed by atoms with Crippen LogP contribution < -0.4 is 15.5 Å². The third kappa shape index (κ3) is 4.89. The normalized spacial score (nSPS) is 12.1. The summed E-state index contributed by atoms with van der Waals surface area (Å²) in [5, 5.41) is 3.03. The highest BCUT2D eigenvalue weighted by Gasteiger charge is 2.23. The molecule has 0 saturated heterocycles. The van der Waals surface area contributed by atoms with Crippen molar-refractivity contribution in [1.82, 2.24) is 10.2 Å². The lowest BCUT2D eigenvalue weighted by molar-refractivity contribution is -0.120. The van der Waals surface area contributed by atoms with Crippen LogP contribution in [0, 0.1) is 6.92 Å². The molecule has 0 fully saturated rings. The molecule has 0 aliphatic heterocycles. The molecule has 7 nitrogen and oxygen atoms in total. The summed E-state index contributed by atoms with van der Waals surface area (Å²) in [6.45, 7) is 2.12. The first kappa shape index (κ1) is 23.3. The Balaban J connectivity index is 1.60. The van der Waals surface area contributed by atoms with Crippen LogP contribution in [0.1, 0.15) is 22.9 Å². The Morgan fingerprint density at radius 2 is 1.74 bits per heavy atom. The average Bonchev–Trinajstić information content (AvgIpc) is 3.18. The number of amides is 1. The van der Waals surface area contributed by atoms with Gasteiger partial charge in [-0.05, 0) is 38.7 Å². The molecule has 1 unspecified atom stereocenters. The van der Waals surface area contributed by atoms with E-state index in [0.717, 1.165) is 16.9 Å². The highest BCUT2D eigenvalue weighted by molar-refractivity contribution is 5.90. The van der Waals surface area contributed by atoms with E-state index in [-0.39, 0.29) is 29.4 Å². The predicted molar refractivity (Wildman–Crippen MR) is 131 cm³/mol. The van der Waals surface area contributed by atoms with E-state index < -0.39 is 0 Å². The van der Waals surface area contributed by atoms with Crippen LogP contribution in [0.2, 0.25) is 0 Å². The van der Waals surface area contributed by atoms with Crippen molar-refractivity contribution in [3.05, 3.63) is 87.8 Å². The van der Waals surface area contributed by atoms with Crippen molar-refractivity contribution in [1.29, 1.82) is 0 Å². The zero-order chi connectivity index (χ0) is 24.2. The molecule has 0 aliphatic rings. The number of fused-ring (bicyclic) bond motifs is 1. The van der Waals surface area contributed by atoms with Crippen LogP contribution in [0.3, 0.4) is 0 Å². The molecule has 7 heteroatoms. The van der Waals surface area contributed by atoms with Gasteiger partial charge in [-0.25, -0.2) is 0 Å². The number of methoxy groups -OCH3 is 1. The number of carbonyl (C=O) groups excluding carboxylic acids is 1. The number of rotatable bonds is 8. The van der Waals surface area contributed by atoms with E-state index in [1.54, 1.807) is 14.0 Å². The third-order valence-corrected chi connectivity index (χ3v) is 5.77. The first-order valence-corrected chi connectivity index (χ1v) is 11.1. The van der Waals surface area contributed by atoms with Gasteiger partial charge in [0.25, 0.3) is 0 Å². The van der Waals surface area contributed by atoms with Crippen molar-refractivity contribution in [2.45, 2.75) is 19.4 Å². The van der Waals surface area contributed by atoms with E-state index in [1.807, 2.05) is 73.6 Å². The van der Waals surface area contributed by atoms with E-state index in [0.29, 0.717) is 29.2 Å². The van der Waals surface area contributed by atoms with Crippen LogP contribution >= 0.6 is 0 Å². The lowest BCUT2D eigenvalue weighted by Gasteiger charge is -2.25. The van der Waals surface area contributed by atoms with E-state index in [2.05, 4.69) is 5.32 Å².